The maximum Gasteiger partial charge on any atom is 0.262 e. The van der Waals surface area contributed by atoms with Crippen LogP contribution >= 0.6 is 15.9 Å². The van der Waals surface area contributed by atoms with E-state index in [2.05, 4.69) is 21.2 Å². The van der Waals surface area contributed by atoms with Gasteiger partial charge >= 0.3 is 0 Å². The van der Waals surface area contributed by atoms with Crippen molar-refractivity contribution in [2.75, 3.05) is 12.4 Å². The van der Waals surface area contributed by atoms with Gasteiger partial charge in [-0.05, 0) is 46.3 Å². The second kappa shape index (κ2) is 6.37. The smallest absolute Gasteiger partial charge is 0.262 e. The van der Waals surface area contributed by atoms with Crippen LogP contribution < -0.4 is 10.1 Å². The lowest BCUT2D eigenvalue weighted by molar-refractivity contribution is 0.102. The Labute approximate surface area is 129 Å². The van der Waals surface area contributed by atoms with Crippen molar-refractivity contribution in [1.29, 1.82) is 5.26 Å². The van der Waals surface area contributed by atoms with Crippen LogP contribution in [-0.4, -0.2) is 13.0 Å². The molecule has 106 valence electrons. The van der Waals surface area contributed by atoms with Gasteiger partial charge in [-0.15, -0.1) is 0 Å². The highest BCUT2D eigenvalue weighted by atomic mass is 79.9. The number of halogens is 2. The Morgan fingerprint density at radius 2 is 2.14 bits per heavy atom. The second-order valence-electron chi connectivity index (χ2n) is 4.08. The highest BCUT2D eigenvalue weighted by Crippen LogP contribution is 2.26. The van der Waals surface area contributed by atoms with Gasteiger partial charge in [0.1, 0.15) is 17.1 Å². The minimum absolute atomic E-state index is 0.150. The van der Waals surface area contributed by atoms with Gasteiger partial charge in [-0.1, -0.05) is 6.07 Å². The number of anilines is 1. The minimum Gasteiger partial charge on any atom is -0.496 e. The highest BCUT2D eigenvalue weighted by Gasteiger charge is 2.18. The molecule has 0 aliphatic rings. The van der Waals surface area contributed by atoms with E-state index in [4.69, 9.17) is 10.00 Å². The van der Waals surface area contributed by atoms with Crippen LogP contribution in [0.3, 0.4) is 0 Å². The molecule has 4 nitrogen and oxygen atoms in total. The molecule has 0 aliphatic carbocycles. The number of carbonyl (C=O) groups is 1. The van der Waals surface area contributed by atoms with Gasteiger partial charge in [0.2, 0.25) is 0 Å². The summed E-state index contributed by atoms with van der Waals surface area (Å²) in [4.78, 5) is 12.2. The number of methoxy groups -OCH3 is 1. The van der Waals surface area contributed by atoms with Crippen LogP contribution in [-0.2, 0) is 0 Å². The van der Waals surface area contributed by atoms with E-state index in [1.165, 1.54) is 25.3 Å². The molecule has 6 heteroatoms. The second-order valence-corrected chi connectivity index (χ2v) is 4.93. The number of benzene rings is 2. The number of nitriles is 1. The Kier molecular flexibility index (Phi) is 4.55. The van der Waals surface area contributed by atoms with Gasteiger partial charge in [0.05, 0.1) is 24.4 Å². The fraction of sp³-hybridized carbons (Fsp3) is 0.0667. The van der Waals surface area contributed by atoms with Crippen LogP contribution in [0.25, 0.3) is 0 Å². The standard InChI is InChI=1S/C15H10BrFN2O2/c1-21-13-4-2-3-11(17)14(13)15(20)19-12-6-5-9(8-18)7-10(12)16/h2-7H,1H3,(H,19,20). The first-order chi connectivity index (χ1) is 10.1. The van der Waals surface area contributed by atoms with E-state index in [0.29, 0.717) is 15.7 Å². The summed E-state index contributed by atoms with van der Waals surface area (Å²) in [5.74, 6) is -1.15. The van der Waals surface area contributed by atoms with Gasteiger partial charge in [-0.3, -0.25) is 4.79 Å². The zero-order valence-corrected chi connectivity index (χ0v) is 12.6. The lowest BCUT2D eigenvalue weighted by Crippen LogP contribution is -2.15. The Hall–Kier alpha value is -2.39. The fourth-order valence-electron chi connectivity index (χ4n) is 1.77. The average molecular weight is 349 g/mol. The zero-order valence-electron chi connectivity index (χ0n) is 11.0. The lowest BCUT2D eigenvalue weighted by Gasteiger charge is -2.11. The topological polar surface area (TPSA) is 62.1 Å². The summed E-state index contributed by atoms with van der Waals surface area (Å²) in [6, 6.07) is 10.8. The average Bonchev–Trinajstić information content (AvgIpc) is 2.48. The van der Waals surface area contributed by atoms with E-state index >= 15 is 0 Å². The number of rotatable bonds is 3. The van der Waals surface area contributed by atoms with E-state index in [0.717, 1.165) is 0 Å². The Balaban J connectivity index is 2.33. The van der Waals surface area contributed by atoms with Crippen molar-refractivity contribution in [3.05, 3.63) is 57.8 Å². The van der Waals surface area contributed by atoms with Crippen molar-refractivity contribution >= 4 is 27.5 Å². The summed E-state index contributed by atoms with van der Waals surface area (Å²) in [5.41, 5.74) is 0.712. The third kappa shape index (κ3) is 3.20. The van der Waals surface area contributed by atoms with E-state index < -0.39 is 11.7 Å². The van der Waals surface area contributed by atoms with Gasteiger partial charge in [0.25, 0.3) is 5.91 Å². The molecule has 1 N–H and O–H groups in total. The first-order valence-electron chi connectivity index (χ1n) is 5.90. The molecule has 0 atom stereocenters. The molecule has 0 aliphatic heterocycles. The van der Waals surface area contributed by atoms with E-state index in [-0.39, 0.29) is 11.3 Å². The number of hydrogen-bond acceptors (Lipinski definition) is 3. The fourth-order valence-corrected chi connectivity index (χ4v) is 2.24. The summed E-state index contributed by atoms with van der Waals surface area (Å²) < 4.78 is 19.3. The molecule has 2 aromatic rings. The predicted molar refractivity (Wildman–Crippen MR) is 79.8 cm³/mol. The van der Waals surface area contributed by atoms with E-state index in [1.807, 2.05) is 6.07 Å². The molecule has 0 fully saturated rings. The third-order valence-electron chi connectivity index (χ3n) is 2.77. The molecule has 0 radical (unpaired) electrons. The Bertz CT molecular complexity index is 741. The summed E-state index contributed by atoms with van der Waals surface area (Å²) >= 11 is 3.25. The van der Waals surface area contributed by atoms with E-state index in [9.17, 15) is 9.18 Å². The maximum absolute atomic E-state index is 13.8. The van der Waals surface area contributed by atoms with Gasteiger partial charge < -0.3 is 10.1 Å². The number of nitrogens with zero attached hydrogens (tertiary/aromatic N) is 1. The van der Waals surface area contributed by atoms with Crippen molar-refractivity contribution in [2.24, 2.45) is 0 Å². The van der Waals surface area contributed by atoms with Crippen molar-refractivity contribution in [3.8, 4) is 11.8 Å². The summed E-state index contributed by atoms with van der Waals surface area (Å²) in [6.07, 6.45) is 0. The van der Waals surface area contributed by atoms with Crippen LogP contribution in [0, 0.1) is 17.1 Å². The minimum atomic E-state index is -0.670. The van der Waals surface area contributed by atoms with Crippen LogP contribution in [0.5, 0.6) is 5.75 Å². The van der Waals surface area contributed by atoms with Crippen molar-refractivity contribution in [3.63, 3.8) is 0 Å². The van der Waals surface area contributed by atoms with Crippen molar-refractivity contribution in [2.45, 2.75) is 0 Å². The summed E-state index contributed by atoms with van der Waals surface area (Å²) in [5, 5.41) is 11.4. The SMILES string of the molecule is COc1cccc(F)c1C(=O)Nc1ccc(C#N)cc1Br. The van der Waals surface area contributed by atoms with Crippen LogP contribution in [0.15, 0.2) is 40.9 Å². The van der Waals surface area contributed by atoms with Crippen LogP contribution in [0.1, 0.15) is 15.9 Å². The molecule has 1 amide bonds. The molecule has 0 saturated heterocycles. The largest absolute Gasteiger partial charge is 0.496 e. The Morgan fingerprint density at radius 3 is 2.76 bits per heavy atom. The molecule has 0 unspecified atom stereocenters. The number of nitrogens with one attached hydrogen (secondary N) is 1. The molecule has 0 spiro atoms. The van der Waals surface area contributed by atoms with Crippen LogP contribution in [0.2, 0.25) is 0 Å². The number of hydrogen-bond donors (Lipinski definition) is 1. The number of carbonyl (C=O) groups excluding carboxylic acids is 1. The lowest BCUT2D eigenvalue weighted by atomic mass is 10.1. The molecule has 21 heavy (non-hydrogen) atoms. The summed E-state index contributed by atoms with van der Waals surface area (Å²) in [6.45, 7) is 0. The molecule has 0 bridgehead atoms. The first kappa shape index (κ1) is 15.0. The zero-order chi connectivity index (χ0) is 15.4. The molecule has 0 heterocycles. The van der Waals surface area contributed by atoms with Crippen molar-refractivity contribution in [1.82, 2.24) is 0 Å². The maximum atomic E-state index is 13.8. The van der Waals surface area contributed by atoms with Gasteiger partial charge in [0.15, 0.2) is 0 Å². The summed E-state index contributed by atoms with van der Waals surface area (Å²) in [7, 11) is 1.36. The highest BCUT2D eigenvalue weighted by molar-refractivity contribution is 9.10. The molecule has 2 rings (SSSR count). The molecular weight excluding hydrogens is 339 g/mol. The third-order valence-corrected chi connectivity index (χ3v) is 3.42. The van der Waals surface area contributed by atoms with Gasteiger partial charge in [-0.25, -0.2) is 4.39 Å². The number of ether oxygens (including phenoxy) is 1. The van der Waals surface area contributed by atoms with E-state index in [1.54, 1.807) is 18.2 Å². The van der Waals surface area contributed by atoms with Crippen LogP contribution in [0.4, 0.5) is 10.1 Å². The normalized spacial score (nSPS) is 9.81. The van der Waals surface area contributed by atoms with Crippen molar-refractivity contribution < 1.29 is 13.9 Å². The van der Waals surface area contributed by atoms with Gasteiger partial charge in [-0.2, -0.15) is 5.26 Å². The molecular formula is C15H10BrFN2O2. The van der Waals surface area contributed by atoms with Gasteiger partial charge in [0, 0.05) is 4.47 Å². The molecule has 0 aromatic heterocycles. The quantitative estimate of drug-likeness (QED) is 0.919. The predicted octanol–water partition coefficient (Wildman–Crippen LogP) is 3.72. The Morgan fingerprint density at radius 1 is 1.38 bits per heavy atom. The monoisotopic (exact) mass is 348 g/mol. The first-order valence-corrected chi connectivity index (χ1v) is 6.69. The molecule has 2 aromatic carbocycles. The molecule has 0 saturated carbocycles. The number of amides is 1.